The van der Waals surface area contributed by atoms with E-state index in [1.165, 1.54) is 14.2 Å². The van der Waals surface area contributed by atoms with Gasteiger partial charge in [-0.25, -0.2) is 5.10 Å². The van der Waals surface area contributed by atoms with Crippen molar-refractivity contribution in [3.63, 3.8) is 0 Å². The number of anilines is 1. The number of amides is 2. The molecule has 1 unspecified atom stereocenters. The average Bonchev–Trinajstić information content (AvgIpc) is 2.75. The Bertz CT molecular complexity index is 1140. The highest BCUT2D eigenvalue weighted by Crippen LogP contribution is 2.28. The van der Waals surface area contributed by atoms with Gasteiger partial charge < -0.3 is 20.1 Å². The molecule has 3 N–H and O–H groups in total. The molecule has 156 valence electrons. The fraction of sp³-hybridized carbons (Fsp3) is 0.238. The van der Waals surface area contributed by atoms with Crippen LogP contribution in [0.15, 0.2) is 47.3 Å². The second-order valence-corrected chi connectivity index (χ2v) is 6.57. The van der Waals surface area contributed by atoms with Crippen LogP contribution in [0.5, 0.6) is 11.5 Å². The highest BCUT2D eigenvalue weighted by atomic mass is 16.5. The van der Waals surface area contributed by atoms with Gasteiger partial charge in [0.2, 0.25) is 11.8 Å². The number of hydrogen-bond acceptors (Lipinski definition) is 6. The zero-order valence-corrected chi connectivity index (χ0v) is 16.8. The highest BCUT2D eigenvalue weighted by molar-refractivity contribution is 5.98. The van der Waals surface area contributed by atoms with E-state index in [9.17, 15) is 14.4 Å². The third-order valence-electron chi connectivity index (χ3n) is 4.54. The first-order valence-corrected chi connectivity index (χ1v) is 9.21. The first-order valence-electron chi connectivity index (χ1n) is 9.21. The Morgan fingerprint density at radius 2 is 1.83 bits per heavy atom. The Hall–Kier alpha value is -3.88. The molecule has 2 amide bonds. The van der Waals surface area contributed by atoms with Gasteiger partial charge in [-0.05, 0) is 25.1 Å². The quantitative estimate of drug-likeness (QED) is 0.544. The summed E-state index contributed by atoms with van der Waals surface area (Å²) in [5.74, 6) is 0.194. The summed E-state index contributed by atoms with van der Waals surface area (Å²) in [6.07, 6.45) is -0.0859. The predicted molar refractivity (Wildman–Crippen MR) is 112 cm³/mol. The Morgan fingerprint density at radius 1 is 1.10 bits per heavy atom. The number of carbonyl (C=O) groups is 2. The van der Waals surface area contributed by atoms with Gasteiger partial charge in [0.25, 0.3) is 5.56 Å². The molecule has 0 aliphatic rings. The zero-order valence-electron chi connectivity index (χ0n) is 16.8. The van der Waals surface area contributed by atoms with Gasteiger partial charge in [0.1, 0.15) is 17.5 Å². The van der Waals surface area contributed by atoms with Crippen molar-refractivity contribution in [2.45, 2.75) is 19.4 Å². The summed E-state index contributed by atoms with van der Waals surface area (Å²) in [6, 6.07) is 11.1. The normalized spacial score (nSPS) is 11.6. The number of fused-ring (bicyclic) bond motifs is 1. The number of hydrogen-bond donors (Lipinski definition) is 3. The minimum absolute atomic E-state index is 0.0859. The molecule has 0 fully saturated rings. The average molecular weight is 410 g/mol. The zero-order chi connectivity index (χ0) is 21.7. The van der Waals surface area contributed by atoms with Gasteiger partial charge >= 0.3 is 0 Å². The van der Waals surface area contributed by atoms with Crippen molar-refractivity contribution in [3.8, 4) is 11.5 Å². The van der Waals surface area contributed by atoms with E-state index in [0.717, 1.165) is 0 Å². The standard InChI is InChI=1S/C21H22N4O5/c1-12(20(27)23-17-10-13(29-2)8-9-18(17)30-3)22-19(26)11-16-14-6-4-5-7-15(14)21(28)25-24-16/h4-10,12H,11H2,1-3H3,(H,22,26)(H,23,27)(H,25,28). The number of aromatic amines is 1. The van der Waals surface area contributed by atoms with E-state index in [1.807, 2.05) is 0 Å². The van der Waals surface area contributed by atoms with E-state index >= 15 is 0 Å². The molecule has 1 aromatic heterocycles. The van der Waals surface area contributed by atoms with Crippen molar-refractivity contribution < 1.29 is 19.1 Å². The molecule has 0 spiro atoms. The fourth-order valence-electron chi connectivity index (χ4n) is 2.97. The smallest absolute Gasteiger partial charge is 0.272 e. The fourth-order valence-corrected chi connectivity index (χ4v) is 2.97. The van der Waals surface area contributed by atoms with Crippen LogP contribution in [0.3, 0.4) is 0 Å². The number of H-pyrrole nitrogens is 1. The van der Waals surface area contributed by atoms with E-state index in [4.69, 9.17) is 9.47 Å². The first kappa shape index (κ1) is 20.8. The van der Waals surface area contributed by atoms with E-state index in [0.29, 0.717) is 33.7 Å². The molecule has 0 aliphatic carbocycles. The summed E-state index contributed by atoms with van der Waals surface area (Å²) in [6.45, 7) is 1.57. The summed E-state index contributed by atoms with van der Waals surface area (Å²) in [5.41, 5.74) is 0.524. The maximum absolute atomic E-state index is 12.5. The van der Waals surface area contributed by atoms with Crippen LogP contribution in [0.4, 0.5) is 5.69 Å². The second-order valence-electron chi connectivity index (χ2n) is 6.57. The van der Waals surface area contributed by atoms with Crippen molar-refractivity contribution in [2.24, 2.45) is 0 Å². The van der Waals surface area contributed by atoms with Crippen LogP contribution in [0, 0.1) is 0 Å². The molecule has 30 heavy (non-hydrogen) atoms. The summed E-state index contributed by atoms with van der Waals surface area (Å²) in [4.78, 5) is 36.9. The van der Waals surface area contributed by atoms with Crippen LogP contribution < -0.4 is 25.7 Å². The molecule has 1 atom stereocenters. The van der Waals surface area contributed by atoms with Crippen LogP contribution in [0.25, 0.3) is 10.8 Å². The minimum Gasteiger partial charge on any atom is -0.497 e. The summed E-state index contributed by atoms with van der Waals surface area (Å²) in [5, 5.41) is 12.8. The molecular weight excluding hydrogens is 388 g/mol. The Morgan fingerprint density at radius 3 is 2.53 bits per heavy atom. The molecule has 0 saturated heterocycles. The van der Waals surface area contributed by atoms with Crippen LogP contribution in [-0.2, 0) is 16.0 Å². The van der Waals surface area contributed by atoms with Crippen molar-refractivity contribution >= 4 is 28.3 Å². The molecule has 9 heteroatoms. The molecule has 0 radical (unpaired) electrons. The molecule has 1 heterocycles. The number of aromatic nitrogens is 2. The Balaban J connectivity index is 1.68. The number of nitrogens with zero attached hydrogens (tertiary/aromatic N) is 1. The lowest BCUT2D eigenvalue weighted by Gasteiger charge is -2.16. The third-order valence-corrected chi connectivity index (χ3v) is 4.54. The molecule has 0 saturated carbocycles. The number of rotatable bonds is 7. The number of nitrogens with one attached hydrogen (secondary N) is 3. The Kier molecular flexibility index (Phi) is 6.31. The second kappa shape index (κ2) is 9.08. The monoisotopic (exact) mass is 410 g/mol. The SMILES string of the molecule is COc1ccc(OC)c(NC(=O)C(C)NC(=O)Cc2n[nH]c(=O)c3ccccc23)c1. The molecular formula is C21H22N4O5. The first-order chi connectivity index (χ1) is 14.4. The largest absolute Gasteiger partial charge is 0.497 e. The van der Waals surface area contributed by atoms with Gasteiger partial charge in [0.05, 0.1) is 37.4 Å². The van der Waals surface area contributed by atoms with Crippen molar-refractivity contribution in [1.82, 2.24) is 15.5 Å². The predicted octanol–water partition coefficient (Wildman–Crippen LogP) is 1.63. The van der Waals surface area contributed by atoms with Gasteiger partial charge in [-0.15, -0.1) is 0 Å². The molecule has 0 bridgehead atoms. The van der Waals surface area contributed by atoms with E-state index in [1.54, 1.807) is 49.4 Å². The van der Waals surface area contributed by atoms with Gasteiger partial charge in [0.15, 0.2) is 0 Å². The lowest BCUT2D eigenvalue weighted by Crippen LogP contribution is -2.42. The minimum atomic E-state index is -0.817. The van der Waals surface area contributed by atoms with Gasteiger partial charge in [-0.2, -0.15) is 5.10 Å². The van der Waals surface area contributed by atoms with Gasteiger partial charge in [0, 0.05) is 11.5 Å². The maximum Gasteiger partial charge on any atom is 0.272 e. The molecule has 2 aromatic carbocycles. The number of carbonyl (C=O) groups excluding carboxylic acids is 2. The third kappa shape index (κ3) is 4.57. The van der Waals surface area contributed by atoms with Crippen molar-refractivity contribution in [3.05, 3.63) is 58.5 Å². The van der Waals surface area contributed by atoms with Crippen molar-refractivity contribution in [1.29, 1.82) is 0 Å². The van der Waals surface area contributed by atoms with Gasteiger partial charge in [-0.3, -0.25) is 14.4 Å². The van der Waals surface area contributed by atoms with Crippen LogP contribution in [-0.4, -0.2) is 42.3 Å². The van der Waals surface area contributed by atoms with Crippen LogP contribution in [0.2, 0.25) is 0 Å². The number of benzene rings is 2. The summed E-state index contributed by atoms with van der Waals surface area (Å²) >= 11 is 0. The van der Waals surface area contributed by atoms with E-state index in [-0.39, 0.29) is 12.0 Å². The van der Waals surface area contributed by atoms with E-state index < -0.39 is 17.9 Å². The number of methoxy groups -OCH3 is 2. The molecule has 9 nitrogen and oxygen atoms in total. The molecule has 3 rings (SSSR count). The van der Waals surface area contributed by atoms with Crippen LogP contribution >= 0.6 is 0 Å². The maximum atomic E-state index is 12.5. The van der Waals surface area contributed by atoms with Crippen molar-refractivity contribution in [2.75, 3.05) is 19.5 Å². The van der Waals surface area contributed by atoms with Crippen LogP contribution in [0.1, 0.15) is 12.6 Å². The number of ether oxygens (including phenoxy) is 2. The molecule has 3 aromatic rings. The topological polar surface area (TPSA) is 122 Å². The Labute approximate surface area is 172 Å². The van der Waals surface area contributed by atoms with Gasteiger partial charge in [-0.1, -0.05) is 18.2 Å². The summed E-state index contributed by atoms with van der Waals surface area (Å²) in [7, 11) is 3.01. The highest BCUT2D eigenvalue weighted by Gasteiger charge is 2.19. The van der Waals surface area contributed by atoms with E-state index in [2.05, 4.69) is 20.8 Å². The lowest BCUT2D eigenvalue weighted by atomic mass is 10.1. The molecule has 0 aliphatic heterocycles. The lowest BCUT2D eigenvalue weighted by molar-refractivity contribution is -0.125. The summed E-state index contributed by atoms with van der Waals surface area (Å²) < 4.78 is 10.4.